The van der Waals surface area contributed by atoms with Crippen molar-refractivity contribution in [1.29, 1.82) is 0 Å². The normalized spacial score (nSPS) is 20.0. The van der Waals surface area contributed by atoms with Crippen molar-refractivity contribution in [3.8, 4) is 5.75 Å². The average molecular weight is 346 g/mol. The van der Waals surface area contributed by atoms with E-state index in [4.69, 9.17) is 16.3 Å². The fraction of sp³-hybridized carbons (Fsp3) is 0.625. The Labute approximate surface area is 129 Å². The van der Waals surface area contributed by atoms with Crippen LogP contribution in [0.5, 0.6) is 5.75 Å². The molecule has 0 aliphatic heterocycles. The van der Waals surface area contributed by atoms with Crippen LogP contribution in [0, 0.1) is 5.41 Å². The highest BCUT2D eigenvalue weighted by atomic mass is 79.9. The monoisotopic (exact) mass is 344 g/mol. The van der Waals surface area contributed by atoms with Crippen LogP contribution in [0.25, 0.3) is 0 Å². The molecule has 0 saturated heterocycles. The van der Waals surface area contributed by atoms with E-state index < -0.39 is 0 Å². The Morgan fingerprint density at radius 2 is 2.00 bits per heavy atom. The van der Waals surface area contributed by atoms with Crippen molar-refractivity contribution in [2.24, 2.45) is 5.41 Å². The zero-order valence-electron chi connectivity index (χ0n) is 11.7. The van der Waals surface area contributed by atoms with E-state index in [1.807, 2.05) is 19.1 Å². The molecule has 0 radical (unpaired) electrons. The lowest BCUT2D eigenvalue weighted by atomic mass is 9.71. The molecule has 1 saturated carbocycles. The quantitative estimate of drug-likeness (QED) is 0.599. The lowest BCUT2D eigenvalue weighted by molar-refractivity contribution is 0.206. The minimum absolute atomic E-state index is 0.0675. The zero-order chi connectivity index (χ0) is 13.9. The standard InChI is InChI=1S/C16H22BrClO/c1-3-19-12-7-8-13(14(17)11-12)15(18)16(2)9-5-4-6-10-16/h7-8,11,15H,3-6,9-10H2,1-2H3. The van der Waals surface area contributed by atoms with E-state index in [1.54, 1.807) is 0 Å². The van der Waals surface area contributed by atoms with Gasteiger partial charge in [-0.25, -0.2) is 0 Å². The van der Waals surface area contributed by atoms with Crippen molar-refractivity contribution in [1.82, 2.24) is 0 Å². The average Bonchev–Trinajstić information content (AvgIpc) is 2.39. The SMILES string of the molecule is CCOc1ccc(C(Cl)C2(C)CCCCC2)c(Br)c1. The second-order valence-corrected chi connectivity index (χ2v) is 6.98. The molecule has 19 heavy (non-hydrogen) atoms. The fourth-order valence-corrected chi connectivity index (χ4v) is 4.09. The van der Waals surface area contributed by atoms with Crippen LogP contribution in [0.3, 0.4) is 0 Å². The van der Waals surface area contributed by atoms with Crippen molar-refractivity contribution in [2.75, 3.05) is 6.61 Å². The van der Waals surface area contributed by atoms with Gasteiger partial charge in [0.1, 0.15) is 5.75 Å². The molecular formula is C16H22BrClO. The smallest absolute Gasteiger partial charge is 0.120 e. The first kappa shape index (κ1) is 15.2. The van der Waals surface area contributed by atoms with Crippen molar-refractivity contribution < 1.29 is 4.74 Å². The molecule has 0 spiro atoms. The molecule has 0 heterocycles. The summed E-state index contributed by atoms with van der Waals surface area (Å²) in [4.78, 5) is 0. The first-order valence-electron chi connectivity index (χ1n) is 7.13. The van der Waals surface area contributed by atoms with Gasteiger partial charge in [0.15, 0.2) is 0 Å². The molecule has 1 aromatic rings. The van der Waals surface area contributed by atoms with Crippen LogP contribution in [-0.4, -0.2) is 6.61 Å². The number of benzene rings is 1. The van der Waals surface area contributed by atoms with Crippen LogP contribution in [0.4, 0.5) is 0 Å². The predicted molar refractivity (Wildman–Crippen MR) is 85.1 cm³/mol. The topological polar surface area (TPSA) is 9.23 Å². The summed E-state index contributed by atoms with van der Waals surface area (Å²) in [5.41, 5.74) is 1.41. The van der Waals surface area contributed by atoms with Gasteiger partial charge in [0, 0.05) is 4.47 Å². The molecular weight excluding hydrogens is 324 g/mol. The van der Waals surface area contributed by atoms with Crippen molar-refractivity contribution in [3.05, 3.63) is 28.2 Å². The molecule has 2 rings (SSSR count). The van der Waals surface area contributed by atoms with E-state index in [9.17, 15) is 0 Å². The third-order valence-electron chi connectivity index (χ3n) is 4.16. The predicted octanol–water partition coefficient (Wildman–Crippen LogP) is 6.10. The molecule has 1 unspecified atom stereocenters. The summed E-state index contributed by atoms with van der Waals surface area (Å²) in [5, 5.41) is 0.0675. The number of alkyl halides is 1. The number of ether oxygens (including phenoxy) is 1. The summed E-state index contributed by atoms with van der Waals surface area (Å²) in [6.07, 6.45) is 6.40. The Bertz CT molecular complexity index is 427. The van der Waals surface area contributed by atoms with E-state index in [2.05, 4.69) is 28.9 Å². The number of rotatable bonds is 4. The maximum Gasteiger partial charge on any atom is 0.120 e. The summed E-state index contributed by atoms with van der Waals surface area (Å²) in [5.74, 6) is 0.899. The van der Waals surface area contributed by atoms with E-state index in [-0.39, 0.29) is 10.8 Å². The minimum atomic E-state index is 0.0675. The summed E-state index contributed by atoms with van der Waals surface area (Å²) in [6.45, 7) is 5.01. The minimum Gasteiger partial charge on any atom is -0.494 e. The molecule has 1 atom stereocenters. The van der Waals surface area contributed by atoms with Gasteiger partial charge in [-0.2, -0.15) is 0 Å². The first-order chi connectivity index (χ1) is 9.07. The molecule has 0 N–H and O–H groups in total. The van der Waals surface area contributed by atoms with Gasteiger partial charge in [-0.3, -0.25) is 0 Å². The van der Waals surface area contributed by atoms with Crippen LogP contribution >= 0.6 is 27.5 Å². The number of hydrogen-bond acceptors (Lipinski definition) is 1. The van der Waals surface area contributed by atoms with E-state index in [0.29, 0.717) is 6.61 Å². The molecule has 1 aliphatic carbocycles. The summed E-state index contributed by atoms with van der Waals surface area (Å²) in [6, 6.07) is 6.15. The maximum atomic E-state index is 6.79. The highest BCUT2D eigenvalue weighted by Crippen LogP contribution is 2.50. The van der Waals surface area contributed by atoms with Crippen LogP contribution in [-0.2, 0) is 0 Å². The Kier molecular flexibility index (Phi) is 5.19. The lowest BCUT2D eigenvalue weighted by Crippen LogP contribution is -2.25. The molecule has 1 aliphatic rings. The summed E-state index contributed by atoms with van der Waals surface area (Å²) >= 11 is 10.4. The van der Waals surface area contributed by atoms with Crippen molar-refractivity contribution in [2.45, 2.75) is 51.3 Å². The van der Waals surface area contributed by atoms with Crippen LogP contribution in [0.2, 0.25) is 0 Å². The Hall–Kier alpha value is -0.210. The van der Waals surface area contributed by atoms with Gasteiger partial charge in [0.25, 0.3) is 0 Å². The molecule has 1 fully saturated rings. The molecule has 0 bridgehead atoms. The second kappa shape index (κ2) is 6.49. The van der Waals surface area contributed by atoms with Crippen molar-refractivity contribution >= 4 is 27.5 Å². The van der Waals surface area contributed by atoms with E-state index in [0.717, 1.165) is 10.2 Å². The highest BCUT2D eigenvalue weighted by Gasteiger charge is 2.36. The lowest BCUT2D eigenvalue weighted by Gasteiger charge is -2.38. The van der Waals surface area contributed by atoms with E-state index in [1.165, 1.54) is 37.7 Å². The third-order valence-corrected chi connectivity index (χ3v) is 5.61. The van der Waals surface area contributed by atoms with Crippen LogP contribution < -0.4 is 4.74 Å². The maximum absolute atomic E-state index is 6.79. The third kappa shape index (κ3) is 3.46. The molecule has 1 aromatic carbocycles. The van der Waals surface area contributed by atoms with Gasteiger partial charge in [0.2, 0.25) is 0 Å². The van der Waals surface area contributed by atoms with Gasteiger partial charge >= 0.3 is 0 Å². The van der Waals surface area contributed by atoms with Crippen LogP contribution in [0.15, 0.2) is 22.7 Å². The Morgan fingerprint density at radius 1 is 1.32 bits per heavy atom. The van der Waals surface area contributed by atoms with Gasteiger partial charge in [-0.1, -0.05) is 48.2 Å². The second-order valence-electron chi connectivity index (χ2n) is 5.69. The largest absolute Gasteiger partial charge is 0.494 e. The number of halogens is 2. The Balaban J connectivity index is 2.20. The van der Waals surface area contributed by atoms with Crippen molar-refractivity contribution in [3.63, 3.8) is 0 Å². The van der Waals surface area contributed by atoms with E-state index >= 15 is 0 Å². The molecule has 0 amide bonds. The van der Waals surface area contributed by atoms with Gasteiger partial charge < -0.3 is 4.74 Å². The molecule has 3 heteroatoms. The molecule has 106 valence electrons. The van der Waals surface area contributed by atoms with Gasteiger partial charge in [-0.05, 0) is 42.9 Å². The van der Waals surface area contributed by atoms with Crippen LogP contribution in [0.1, 0.15) is 56.9 Å². The fourth-order valence-electron chi connectivity index (χ4n) is 2.96. The molecule has 1 nitrogen and oxygen atoms in total. The first-order valence-corrected chi connectivity index (χ1v) is 8.36. The Morgan fingerprint density at radius 3 is 2.58 bits per heavy atom. The number of hydrogen-bond donors (Lipinski definition) is 0. The van der Waals surface area contributed by atoms with Gasteiger partial charge in [0.05, 0.1) is 12.0 Å². The van der Waals surface area contributed by atoms with Gasteiger partial charge in [-0.15, -0.1) is 11.6 Å². The zero-order valence-corrected chi connectivity index (χ0v) is 14.1. The molecule has 0 aromatic heterocycles. The summed E-state index contributed by atoms with van der Waals surface area (Å²) in [7, 11) is 0. The summed E-state index contributed by atoms with van der Waals surface area (Å²) < 4.78 is 6.58. The highest BCUT2D eigenvalue weighted by molar-refractivity contribution is 9.10.